The molecule has 0 spiro atoms. The number of hydrogen-bond donors (Lipinski definition) is 0. The minimum atomic E-state index is -0.544. The smallest absolute Gasteiger partial charge is 0.262 e. The van der Waals surface area contributed by atoms with Crippen molar-refractivity contribution >= 4 is 40.9 Å². The van der Waals surface area contributed by atoms with Crippen LogP contribution in [0.1, 0.15) is 39.2 Å². The molecule has 3 rings (SSSR count). The normalized spacial score (nSPS) is 14.4. The van der Waals surface area contributed by atoms with Crippen LogP contribution in [-0.2, 0) is 4.79 Å². The van der Waals surface area contributed by atoms with E-state index in [1.54, 1.807) is 7.05 Å². The van der Waals surface area contributed by atoms with E-state index >= 15 is 0 Å². The molecular formula is C19H16Cl2N2O3. The molecule has 2 aromatic rings. The second-order valence-electron chi connectivity index (χ2n) is 6.10. The molecule has 134 valence electrons. The molecule has 1 aliphatic rings. The molecule has 1 atom stereocenters. The molecule has 7 heteroatoms. The van der Waals surface area contributed by atoms with Gasteiger partial charge in [-0.25, -0.2) is 0 Å². The summed E-state index contributed by atoms with van der Waals surface area (Å²) in [6.07, 6.45) is 0. The molecule has 0 aliphatic carbocycles. The van der Waals surface area contributed by atoms with E-state index in [0.717, 1.165) is 10.5 Å². The first kappa shape index (κ1) is 18.4. The summed E-state index contributed by atoms with van der Waals surface area (Å²) in [5.74, 6) is -1.43. The molecule has 2 aromatic carbocycles. The Bertz CT molecular complexity index is 858. The van der Waals surface area contributed by atoms with Gasteiger partial charge in [0.25, 0.3) is 11.8 Å². The number of nitrogens with zero attached hydrogens (tertiary/aromatic N) is 2. The van der Waals surface area contributed by atoms with E-state index in [0.29, 0.717) is 0 Å². The predicted molar refractivity (Wildman–Crippen MR) is 99.5 cm³/mol. The van der Waals surface area contributed by atoms with Gasteiger partial charge in [0.1, 0.15) is 6.54 Å². The van der Waals surface area contributed by atoms with Gasteiger partial charge in [0, 0.05) is 7.05 Å². The molecule has 26 heavy (non-hydrogen) atoms. The third-order valence-corrected chi connectivity index (χ3v) is 5.28. The van der Waals surface area contributed by atoms with E-state index in [1.807, 2.05) is 37.3 Å². The number of carbonyl (C=O) groups is 3. The summed E-state index contributed by atoms with van der Waals surface area (Å²) >= 11 is 11.9. The van der Waals surface area contributed by atoms with Gasteiger partial charge < -0.3 is 4.90 Å². The van der Waals surface area contributed by atoms with Gasteiger partial charge in [0.15, 0.2) is 0 Å². The second-order valence-corrected chi connectivity index (χ2v) is 6.91. The predicted octanol–water partition coefficient (Wildman–Crippen LogP) is 3.81. The van der Waals surface area contributed by atoms with Crippen molar-refractivity contribution in [1.82, 2.24) is 9.80 Å². The summed E-state index contributed by atoms with van der Waals surface area (Å²) < 4.78 is 0. The van der Waals surface area contributed by atoms with Crippen molar-refractivity contribution in [3.05, 3.63) is 69.2 Å². The minimum Gasteiger partial charge on any atom is -0.337 e. The molecule has 3 amide bonds. The van der Waals surface area contributed by atoms with E-state index in [9.17, 15) is 14.4 Å². The average molecular weight is 391 g/mol. The van der Waals surface area contributed by atoms with Crippen molar-refractivity contribution < 1.29 is 14.4 Å². The van der Waals surface area contributed by atoms with Gasteiger partial charge >= 0.3 is 0 Å². The van der Waals surface area contributed by atoms with Gasteiger partial charge in [-0.1, -0.05) is 53.5 Å². The van der Waals surface area contributed by atoms with E-state index in [2.05, 4.69) is 0 Å². The SMILES string of the molecule is CC(c1ccccc1)N(C)C(=O)CN1C(=O)c2cc(Cl)c(Cl)cc2C1=O. The Hall–Kier alpha value is -2.37. The maximum atomic E-state index is 12.6. The highest BCUT2D eigenvalue weighted by Gasteiger charge is 2.38. The van der Waals surface area contributed by atoms with Crippen LogP contribution in [0.3, 0.4) is 0 Å². The fraction of sp³-hybridized carbons (Fsp3) is 0.211. The van der Waals surface area contributed by atoms with Crippen LogP contribution in [0.2, 0.25) is 10.0 Å². The summed E-state index contributed by atoms with van der Waals surface area (Å²) in [7, 11) is 1.64. The van der Waals surface area contributed by atoms with Gasteiger partial charge in [-0.05, 0) is 24.6 Å². The lowest BCUT2D eigenvalue weighted by molar-refractivity contribution is -0.132. The quantitative estimate of drug-likeness (QED) is 0.745. The van der Waals surface area contributed by atoms with Crippen molar-refractivity contribution in [2.45, 2.75) is 13.0 Å². The number of fused-ring (bicyclic) bond motifs is 1. The summed E-state index contributed by atoms with van der Waals surface area (Å²) in [6.45, 7) is 1.55. The molecule has 0 saturated carbocycles. The first-order valence-electron chi connectivity index (χ1n) is 7.97. The molecule has 1 unspecified atom stereocenters. The fourth-order valence-corrected chi connectivity index (χ4v) is 3.17. The Morgan fingerprint density at radius 2 is 1.54 bits per heavy atom. The third kappa shape index (κ3) is 3.20. The zero-order valence-electron chi connectivity index (χ0n) is 14.2. The topological polar surface area (TPSA) is 57.7 Å². The molecular weight excluding hydrogens is 375 g/mol. The molecule has 0 radical (unpaired) electrons. The Morgan fingerprint density at radius 1 is 1.04 bits per heavy atom. The maximum Gasteiger partial charge on any atom is 0.262 e. The molecule has 1 aliphatic heterocycles. The van der Waals surface area contributed by atoms with Gasteiger partial charge in [-0.2, -0.15) is 0 Å². The van der Waals surface area contributed by atoms with Crippen LogP contribution < -0.4 is 0 Å². The van der Waals surface area contributed by atoms with Gasteiger partial charge in [0.05, 0.1) is 27.2 Å². The van der Waals surface area contributed by atoms with E-state index < -0.39 is 11.8 Å². The third-order valence-electron chi connectivity index (χ3n) is 4.56. The molecule has 0 bridgehead atoms. The summed E-state index contributed by atoms with van der Waals surface area (Å²) in [5, 5.41) is 0.379. The van der Waals surface area contributed by atoms with Crippen LogP contribution in [0, 0.1) is 0 Å². The fourth-order valence-electron chi connectivity index (χ4n) is 2.85. The highest BCUT2D eigenvalue weighted by atomic mass is 35.5. The Kier molecular flexibility index (Phi) is 5.03. The molecule has 5 nitrogen and oxygen atoms in total. The van der Waals surface area contributed by atoms with Crippen LogP contribution in [-0.4, -0.2) is 41.1 Å². The van der Waals surface area contributed by atoms with Crippen molar-refractivity contribution in [2.75, 3.05) is 13.6 Å². The molecule has 0 fully saturated rings. The number of hydrogen-bond acceptors (Lipinski definition) is 3. The lowest BCUT2D eigenvalue weighted by atomic mass is 10.1. The van der Waals surface area contributed by atoms with E-state index in [4.69, 9.17) is 23.2 Å². The molecule has 1 heterocycles. The summed E-state index contributed by atoms with van der Waals surface area (Å²) in [5.41, 5.74) is 1.29. The Labute approximate surface area is 161 Å². The molecule has 0 N–H and O–H groups in total. The van der Waals surface area contributed by atoms with Crippen LogP contribution in [0.5, 0.6) is 0 Å². The van der Waals surface area contributed by atoms with Crippen molar-refractivity contribution in [1.29, 1.82) is 0 Å². The number of benzene rings is 2. The van der Waals surface area contributed by atoms with Crippen LogP contribution in [0.15, 0.2) is 42.5 Å². The zero-order valence-corrected chi connectivity index (χ0v) is 15.7. The first-order chi connectivity index (χ1) is 12.3. The number of likely N-dealkylation sites (N-methyl/N-ethyl adjacent to an activating group) is 1. The lowest BCUT2D eigenvalue weighted by Crippen LogP contribution is -2.42. The number of halogens is 2. The van der Waals surface area contributed by atoms with Gasteiger partial charge in [-0.15, -0.1) is 0 Å². The summed E-state index contributed by atoms with van der Waals surface area (Å²) in [6, 6.07) is 12.0. The van der Waals surface area contributed by atoms with Crippen molar-refractivity contribution in [2.24, 2.45) is 0 Å². The number of amides is 3. The largest absolute Gasteiger partial charge is 0.337 e. The number of imide groups is 1. The minimum absolute atomic E-state index is 0.163. The van der Waals surface area contributed by atoms with Gasteiger partial charge in [-0.3, -0.25) is 19.3 Å². The second kappa shape index (κ2) is 7.09. The number of rotatable bonds is 4. The highest BCUT2D eigenvalue weighted by Crippen LogP contribution is 2.31. The zero-order chi connectivity index (χ0) is 19.0. The van der Waals surface area contributed by atoms with Crippen LogP contribution in [0.4, 0.5) is 0 Å². The first-order valence-corrected chi connectivity index (χ1v) is 8.72. The van der Waals surface area contributed by atoms with E-state index in [1.165, 1.54) is 17.0 Å². The Morgan fingerprint density at radius 3 is 2.04 bits per heavy atom. The molecule has 0 saturated heterocycles. The lowest BCUT2D eigenvalue weighted by Gasteiger charge is -2.27. The average Bonchev–Trinajstić information content (AvgIpc) is 2.86. The van der Waals surface area contributed by atoms with Gasteiger partial charge in [0.2, 0.25) is 5.91 Å². The van der Waals surface area contributed by atoms with Crippen molar-refractivity contribution in [3.8, 4) is 0 Å². The maximum absolute atomic E-state index is 12.6. The highest BCUT2D eigenvalue weighted by molar-refractivity contribution is 6.43. The molecule has 0 aromatic heterocycles. The van der Waals surface area contributed by atoms with Crippen LogP contribution >= 0.6 is 23.2 Å². The Balaban J connectivity index is 1.78. The van der Waals surface area contributed by atoms with Crippen molar-refractivity contribution in [3.63, 3.8) is 0 Å². The number of carbonyl (C=O) groups excluding carboxylic acids is 3. The monoisotopic (exact) mass is 390 g/mol. The summed E-state index contributed by atoms with van der Waals surface area (Å²) in [4.78, 5) is 40.1. The van der Waals surface area contributed by atoms with E-state index in [-0.39, 0.29) is 39.7 Å². The standard InChI is InChI=1S/C19H16Cl2N2O3/c1-11(12-6-4-3-5-7-12)22(2)17(24)10-23-18(25)13-8-15(20)16(21)9-14(13)19(23)26/h3-9,11H,10H2,1-2H3. The van der Waals surface area contributed by atoms with Crippen LogP contribution in [0.25, 0.3) is 0 Å².